The van der Waals surface area contributed by atoms with Crippen molar-refractivity contribution in [1.29, 1.82) is 0 Å². The summed E-state index contributed by atoms with van der Waals surface area (Å²) in [5, 5.41) is 8.33. The van der Waals surface area contributed by atoms with Gasteiger partial charge < -0.3 is 14.4 Å². The normalized spacial score (nSPS) is 17.2. The van der Waals surface area contributed by atoms with E-state index < -0.39 is 15.7 Å². The minimum atomic E-state index is -2.99. The number of likely N-dealkylation sites (tertiary alicyclic amines) is 1. The quantitative estimate of drug-likeness (QED) is 0.191. The molecule has 0 saturated carbocycles. The number of rotatable bonds is 11. The van der Waals surface area contributed by atoms with Gasteiger partial charge in [0.15, 0.2) is 11.6 Å². The molecule has 2 aromatic heterocycles. The number of aromatic nitrogens is 2. The van der Waals surface area contributed by atoms with Crippen molar-refractivity contribution in [2.75, 3.05) is 57.2 Å². The van der Waals surface area contributed by atoms with Crippen LogP contribution in [0.4, 0.5) is 5.82 Å². The van der Waals surface area contributed by atoms with E-state index in [2.05, 4.69) is 15.9 Å². The minimum absolute atomic E-state index is 0.237. The first-order valence-electron chi connectivity index (χ1n) is 14.0. The Morgan fingerprint density at radius 3 is 2.54 bits per heavy atom. The second-order valence-electron chi connectivity index (χ2n) is 10.6. The monoisotopic (exact) mass is 603 g/mol. The molecule has 222 valence electrons. The number of amides is 1. The standard InChI is InChI=1S/C28H37N5O6S2/c1-41(36,37)23-9-11-32(12-10-23)19-22-18-24-26(40-22)28(33-13-16-38-17-14-33)30-27(29-24)20-5-7-21(8-6-20)39-15-3-2-4-25(34)31-35/h5-8,18,23,35H,2-4,9-17,19H2,1H3,(H,31,34). The Morgan fingerprint density at radius 1 is 1.12 bits per heavy atom. The molecule has 2 aliphatic rings. The van der Waals surface area contributed by atoms with Crippen molar-refractivity contribution in [2.45, 2.75) is 43.9 Å². The van der Waals surface area contributed by atoms with E-state index >= 15 is 0 Å². The van der Waals surface area contributed by atoms with Gasteiger partial charge in [-0.2, -0.15) is 0 Å². The highest BCUT2D eigenvalue weighted by Crippen LogP contribution is 2.35. The first-order valence-corrected chi connectivity index (χ1v) is 16.8. The van der Waals surface area contributed by atoms with E-state index in [0.717, 1.165) is 60.1 Å². The molecule has 3 aromatic rings. The Labute approximate surface area is 244 Å². The van der Waals surface area contributed by atoms with Gasteiger partial charge in [-0.05, 0) is 69.1 Å². The number of unbranched alkanes of at least 4 members (excludes halogenated alkanes) is 1. The second kappa shape index (κ2) is 13.4. The van der Waals surface area contributed by atoms with Crippen LogP contribution in [0.1, 0.15) is 37.0 Å². The summed E-state index contributed by atoms with van der Waals surface area (Å²) in [7, 11) is -2.99. The first-order chi connectivity index (χ1) is 19.8. The average Bonchev–Trinajstić information content (AvgIpc) is 3.39. The van der Waals surface area contributed by atoms with Gasteiger partial charge in [0.05, 0.1) is 35.3 Å². The summed E-state index contributed by atoms with van der Waals surface area (Å²) < 4.78 is 36.4. The van der Waals surface area contributed by atoms with Gasteiger partial charge in [0.25, 0.3) is 0 Å². The molecule has 2 fully saturated rings. The molecule has 0 unspecified atom stereocenters. The van der Waals surface area contributed by atoms with Gasteiger partial charge in [0.2, 0.25) is 5.91 Å². The lowest BCUT2D eigenvalue weighted by atomic mass is 10.1. The Kier molecular flexibility index (Phi) is 9.71. The van der Waals surface area contributed by atoms with E-state index in [1.54, 1.807) is 16.8 Å². The van der Waals surface area contributed by atoms with Gasteiger partial charge in [0.1, 0.15) is 15.6 Å². The van der Waals surface area contributed by atoms with E-state index in [1.807, 2.05) is 24.3 Å². The van der Waals surface area contributed by atoms with Gasteiger partial charge in [-0.3, -0.25) is 14.9 Å². The smallest absolute Gasteiger partial charge is 0.243 e. The van der Waals surface area contributed by atoms with Crippen LogP contribution in [0, 0.1) is 0 Å². The lowest BCUT2D eigenvalue weighted by Crippen LogP contribution is -2.38. The van der Waals surface area contributed by atoms with Crippen molar-refractivity contribution < 1.29 is 27.9 Å². The fraction of sp³-hybridized carbons (Fsp3) is 0.536. The van der Waals surface area contributed by atoms with Crippen molar-refractivity contribution >= 4 is 43.1 Å². The summed E-state index contributed by atoms with van der Waals surface area (Å²) >= 11 is 1.71. The molecular weight excluding hydrogens is 566 g/mol. The maximum Gasteiger partial charge on any atom is 0.243 e. The van der Waals surface area contributed by atoms with Crippen molar-refractivity contribution in [3.63, 3.8) is 0 Å². The van der Waals surface area contributed by atoms with Gasteiger partial charge >= 0.3 is 0 Å². The van der Waals surface area contributed by atoms with Crippen LogP contribution in [-0.4, -0.2) is 91.9 Å². The Morgan fingerprint density at radius 2 is 1.85 bits per heavy atom. The van der Waals surface area contributed by atoms with Crippen molar-refractivity contribution in [1.82, 2.24) is 20.3 Å². The summed E-state index contributed by atoms with van der Waals surface area (Å²) in [4.78, 5) is 26.9. The molecule has 1 amide bonds. The molecule has 4 heterocycles. The zero-order valence-electron chi connectivity index (χ0n) is 23.3. The van der Waals surface area contributed by atoms with E-state index in [9.17, 15) is 13.2 Å². The molecular formula is C28H37N5O6S2. The van der Waals surface area contributed by atoms with Gasteiger partial charge in [-0.15, -0.1) is 11.3 Å². The average molecular weight is 604 g/mol. The molecule has 5 rings (SSSR count). The highest BCUT2D eigenvalue weighted by molar-refractivity contribution is 7.91. The summed E-state index contributed by atoms with van der Waals surface area (Å²) in [5.41, 5.74) is 3.44. The first kappa shape index (κ1) is 29.6. The molecule has 2 saturated heterocycles. The van der Waals surface area contributed by atoms with Crippen LogP contribution in [0.3, 0.4) is 0 Å². The number of nitrogens with zero attached hydrogens (tertiary/aromatic N) is 4. The third-order valence-corrected chi connectivity index (χ3v) is 10.3. The lowest BCUT2D eigenvalue weighted by molar-refractivity contribution is -0.129. The van der Waals surface area contributed by atoms with Crippen LogP contribution in [0.25, 0.3) is 21.6 Å². The molecule has 0 aliphatic carbocycles. The summed E-state index contributed by atoms with van der Waals surface area (Å²) in [6.45, 7) is 5.64. The second-order valence-corrected chi connectivity index (χ2v) is 14.0. The molecule has 1 aromatic carbocycles. The topological polar surface area (TPSA) is 134 Å². The van der Waals surface area contributed by atoms with E-state index in [4.69, 9.17) is 24.6 Å². The van der Waals surface area contributed by atoms with Crippen LogP contribution in [0.5, 0.6) is 5.75 Å². The van der Waals surface area contributed by atoms with Crippen LogP contribution >= 0.6 is 11.3 Å². The minimum Gasteiger partial charge on any atom is -0.494 e. The van der Waals surface area contributed by atoms with E-state index in [0.29, 0.717) is 51.3 Å². The molecule has 41 heavy (non-hydrogen) atoms. The molecule has 2 aliphatic heterocycles. The zero-order chi connectivity index (χ0) is 28.8. The number of thiophene rings is 1. The summed E-state index contributed by atoms with van der Waals surface area (Å²) in [6, 6.07) is 9.86. The SMILES string of the molecule is CS(=O)(=O)C1CCN(Cc2cc3nc(-c4ccc(OCCCCC(=O)NO)cc4)nc(N4CCOCC4)c3s2)CC1. The Balaban J connectivity index is 1.31. The Bertz CT molecular complexity index is 1430. The number of hydroxylamine groups is 1. The predicted molar refractivity (Wildman–Crippen MR) is 158 cm³/mol. The van der Waals surface area contributed by atoms with Gasteiger partial charge in [-0.25, -0.2) is 23.9 Å². The Hall–Kier alpha value is -2.84. The number of morpholine rings is 1. The predicted octanol–water partition coefficient (Wildman–Crippen LogP) is 3.26. The number of hydrogen-bond donors (Lipinski definition) is 2. The fourth-order valence-corrected chi connectivity index (χ4v) is 7.43. The van der Waals surface area contributed by atoms with Gasteiger partial charge in [-0.1, -0.05) is 0 Å². The number of anilines is 1. The van der Waals surface area contributed by atoms with Crippen LogP contribution < -0.4 is 15.1 Å². The maximum absolute atomic E-state index is 12.0. The fourth-order valence-electron chi connectivity index (χ4n) is 5.21. The molecule has 0 atom stereocenters. The summed E-state index contributed by atoms with van der Waals surface area (Å²) in [5.74, 6) is 1.91. The molecule has 2 N–H and O–H groups in total. The number of nitrogens with one attached hydrogen (secondary N) is 1. The summed E-state index contributed by atoms with van der Waals surface area (Å²) in [6.07, 6.45) is 4.28. The van der Waals surface area contributed by atoms with Crippen LogP contribution in [0.2, 0.25) is 0 Å². The van der Waals surface area contributed by atoms with E-state index in [1.165, 1.54) is 11.1 Å². The van der Waals surface area contributed by atoms with E-state index in [-0.39, 0.29) is 11.7 Å². The number of benzene rings is 1. The zero-order valence-corrected chi connectivity index (χ0v) is 24.9. The highest BCUT2D eigenvalue weighted by atomic mass is 32.2. The number of carbonyl (C=O) groups is 1. The van der Waals surface area contributed by atoms with Crippen molar-refractivity contribution in [3.05, 3.63) is 35.2 Å². The molecule has 0 radical (unpaired) electrons. The number of piperidine rings is 1. The third kappa shape index (κ3) is 7.72. The lowest BCUT2D eigenvalue weighted by Gasteiger charge is -2.30. The number of fused-ring (bicyclic) bond motifs is 1. The number of sulfone groups is 1. The number of carbonyl (C=O) groups excluding carboxylic acids is 1. The van der Waals surface area contributed by atoms with Crippen molar-refractivity contribution in [3.8, 4) is 17.1 Å². The third-order valence-electron chi connectivity index (χ3n) is 7.54. The molecule has 0 spiro atoms. The van der Waals surface area contributed by atoms with Gasteiger partial charge in [0, 0.05) is 42.8 Å². The van der Waals surface area contributed by atoms with Crippen LogP contribution in [0.15, 0.2) is 30.3 Å². The van der Waals surface area contributed by atoms with Crippen LogP contribution in [-0.2, 0) is 25.9 Å². The van der Waals surface area contributed by atoms with Crippen molar-refractivity contribution in [2.24, 2.45) is 0 Å². The largest absolute Gasteiger partial charge is 0.494 e. The molecule has 13 heteroatoms. The number of hydrogen-bond acceptors (Lipinski definition) is 11. The highest BCUT2D eigenvalue weighted by Gasteiger charge is 2.27. The molecule has 11 nitrogen and oxygen atoms in total. The molecule has 0 bridgehead atoms. The number of ether oxygens (including phenoxy) is 2. The maximum atomic E-state index is 12.0.